The van der Waals surface area contributed by atoms with Crippen molar-refractivity contribution in [3.05, 3.63) is 65.0 Å². The second kappa shape index (κ2) is 7.70. The molecule has 1 aromatic carbocycles. The van der Waals surface area contributed by atoms with Gasteiger partial charge in [0.05, 0.1) is 12.7 Å². The van der Waals surface area contributed by atoms with E-state index in [0.29, 0.717) is 17.9 Å². The molecule has 0 spiro atoms. The van der Waals surface area contributed by atoms with E-state index in [1.165, 1.54) is 0 Å². The van der Waals surface area contributed by atoms with Crippen LogP contribution in [0.25, 0.3) is 0 Å². The highest BCUT2D eigenvalue weighted by Gasteiger charge is 2.25. The summed E-state index contributed by atoms with van der Waals surface area (Å²) in [6, 6.07) is 7.00. The zero-order valence-electron chi connectivity index (χ0n) is 16.1. The molecule has 1 heterocycles. The Morgan fingerprint density at radius 2 is 1.93 bits per heavy atom. The largest absolute Gasteiger partial charge is 0.496 e. The molecule has 6 heteroatoms. The van der Waals surface area contributed by atoms with Gasteiger partial charge in [-0.2, -0.15) is 0 Å². The summed E-state index contributed by atoms with van der Waals surface area (Å²) in [5.41, 5.74) is 2.97. The Morgan fingerprint density at radius 1 is 1.22 bits per heavy atom. The van der Waals surface area contributed by atoms with Gasteiger partial charge in [-0.25, -0.2) is 4.79 Å². The highest BCUT2D eigenvalue weighted by molar-refractivity contribution is 5.98. The Morgan fingerprint density at radius 3 is 2.67 bits per heavy atom. The molecule has 142 valence electrons. The van der Waals surface area contributed by atoms with Crippen LogP contribution >= 0.6 is 0 Å². The van der Waals surface area contributed by atoms with Crippen LogP contribution in [0.2, 0.25) is 0 Å². The third-order valence-corrected chi connectivity index (χ3v) is 4.98. The number of allylic oxidation sites excluding steroid dienone is 3. The number of methoxy groups -OCH3 is 1. The van der Waals surface area contributed by atoms with E-state index >= 15 is 0 Å². The molecule has 1 saturated heterocycles. The van der Waals surface area contributed by atoms with Gasteiger partial charge in [-0.1, -0.05) is 38.1 Å². The van der Waals surface area contributed by atoms with E-state index in [2.05, 4.69) is 36.6 Å². The van der Waals surface area contributed by atoms with Crippen LogP contribution in [0.15, 0.2) is 59.5 Å². The zero-order chi connectivity index (χ0) is 19.6. The number of nitrogens with zero attached hydrogens (tertiary/aromatic N) is 1. The summed E-state index contributed by atoms with van der Waals surface area (Å²) in [4.78, 5) is 26.4. The third-order valence-electron chi connectivity index (χ3n) is 4.98. The number of hydrogen-bond donors (Lipinski definition) is 2. The molecule has 1 aromatic rings. The Hall–Kier alpha value is -3.02. The number of urea groups is 1. The lowest BCUT2D eigenvalue weighted by atomic mass is 9.89. The average Bonchev–Trinajstić information content (AvgIpc) is 2.64. The molecule has 0 bridgehead atoms. The van der Waals surface area contributed by atoms with Crippen LogP contribution in [0.4, 0.5) is 4.79 Å². The molecule has 0 saturated carbocycles. The summed E-state index contributed by atoms with van der Waals surface area (Å²) >= 11 is 0. The minimum atomic E-state index is -0.227. The summed E-state index contributed by atoms with van der Waals surface area (Å²) < 4.78 is 5.29. The van der Waals surface area contributed by atoms with Crippen molar-refractivity contribution >= 4 is 11.9 Å². The standard InChI is InChI=1S/C21H25N3O3/c1-13-9-16(22-20(25)17-7-5-6-8-19(17)27-4)11-15-12-24(3)21(26)23-18(15)10-14(13)2/h5-11,13-14H,12H2,1-4H3,(H,22,25)(H,23,26)/b15-11-,16-9+,18-10+. The molecule has 2 aliphatic rings. The number of hydrogen-bond acceptors (Lipinski definition) is 3. The predicted molar refractivity (Wildman–Crippen MR) is 104 cm³/mol. The van der Waals surface area contributed by atoms with E-state index in [0.717, 1.165) is 17.0 Å². The molecule has 3 rings (SSSR count). The van der Waals surface area contributed by atoms with Gasteiger partial charge in [0.25, 0.3) is 5.91 Å². The Balaban J connectivity index is 1.93. The molecular formula is C21H25N3O3. The van der Waals surface area contributed by atoms with Gasteiger partial charge in [-0.15, -0.1) is 0 Å². The molecule has 2 unspecified atom stereocenters. The van der Waals surface area contributed by atoms with E-state index in [9.17, 15) is 9.59 Å². The summed E-state index contributed by atoms with van der Waals surface area (Å²) in [5, 5.41) is 5.93. The molecule has 1 aliphatic heterocycles. The summed E-state index contributed by atoms with van der Waals surface area (Å²) in [5.74, 6) is 0.709. The quantitative estimate of drug-likeness (QED) is 0.863. The first-order chi connectivity index (χ1) is 12.9. The molecule has 6 nitrogen and oxygen atoms in total. The van der Waals surface area contributed by atoms with Crippen LogP contribution in [-0.2, 0) is 0 Å². The Bertz CT molecular complexity index is 854. The van der Waals surface area contributed by atoms with Gasteiger partial charge in [0.2, 0.25) is 0 Å². The predicted octanol–water partition coefficient (Wildman–Crippen LogP) is 3.06. The second-order valence-electron chi connectivity index (χ2n) is 7.03. The number of fused-ring (bicyclic) bond motifs is 1. The summed E-state index contributed by atoms with van der Waals surface area (Å²) in [6.07, 6.45) is 6.06. The first kappa shape index (κ1) is 18.8. The number of amides is 3. The number of likely N-dealkylation sites (N-methyl/N-ethyl adjacent to an activating group) is 1. The van der Waals surface area contributed by atoms with E-state index in [1.807, 2.05) is 12.1 Å². The van der Waals surface area contributed by atoms with Gasteiger partial charge >= 0.3 is 6.03 Å². The lowest BCUT2D eigenvalue weighted by Gasteiger charge is -2.30. The molecule has 27 heavy (non-hydrogen) atoms. The van der Waals surface area contributed by atoms with E-state index in [-0.39, 0.29) is 23.8 Å². The molecular weight excluding hydrogens is 342 g/mol. The smallest absolute Gasteiger partial charge is 0.321 e. The maximum Gasteiger partial charge on any atom is 0.321 e. The third kappa shape index (κ3) is 4.05. The summed E-state index contributed by atoms with van der Waals surface area (Å²) in [6.45, 7) is 4.68. The van der Waals surface area contributed by atoms with Gasteiger partial charge in [0.1, 0.15) is 5.75 Å². The maximum absolute atomic E-state index is 12.8. The molecule has 1 aliphatic carbocycles. The minimum Gasteiger partial charge on any atom is -0.496 e. The highest BCUT2D eigenvalue weighted by atomic mass is 16.5. The molecule has 1 fully saturated rings. The first-order valence-corrected chi connectivity index (χ1v) is 9.00. The van der Waals surface area contributed by atoms with Crippen molar-refractivity contribution in [1.82, 2.24) is 15.5 Å². The number of para-hydroxylation sites is 1. The lowest BCUT2D eigenvalue weighted by Crippen LogP contribution is -2.44. The highest BCUT2D eigenvalue weighted by Crippen LogP contribution is 2.26. The first-order valence-electron chi connectivity index (χ1n) is 9.00. The number of rotatable bonds is 3. The molecule has 2 atom stereocenters. The van der Waals surface area contributed by atoms with Crippen LogP contribution in [-0.4, -0.2) is 37.5 Å². The maximum atomic E-state index is 12.8. The van der Waals surface area contributed by atoms with Gasteiger partial charge in [0.15, 0.2) is 0 Å². The number of ether oxygens (including phenoxy) is 1. The second-order valence-corrected chi connectivity index (χ2v) is 7.03. The summed E-state index contributed by atoms with van der Waals surface area (Å²) in [7, 11) is 3.29. The fraction of sp³-hybridized carbons (Fsp3) is 0.333. The van der Waals surface area contributed by atoms with E-state index < -0.39 is 0 Å². The zero-order valence-corrected chi connectivity index (χ0v) is 16.1. The fourth-order valence-electron chi connectivity index (χ4n) is 3.17. The molecule has 2 N–H and O–H groups in total. The van der Waals surface area contributed by atoms with Crippen molar-refractivity contribution in [2.45, 2.75) is 13.8 Å². The number of carbonyl (C=O) groups excluding carboxylic acids is 2. The fourth-order valence-corrected chi connectivity index (χ4v) is 3.17. The van der Waals surface area contributed by atoms with Gasteiger partial charge in [-0.05, 0) is 35.6 Å². The van der Waals surface area contributed by atoms with Crippen molar-refractivity contribution in [2.75, 3.05) is 20.7 Å². The van der Waals surface area contributed by atoms with Gasteiger partial charge in [-0.3, -0.25) is 4.79 Å². The Labute approximate surface area is 159 Å². The normalized spacial score (nSPS) is 28.1. The van der Waals surface area contributed by atoms with Gasteiger partial charge < -0.3 is 20.3 Å². The topological polar surface area (TPSA) is 70.7 Å². The van der Waals surface area contributed by atoms with Crippen molar-refractivity contribution in [3.8, 4) is 5.75 Å². The van der Waals surface area contributed by atoms with Crippen LogP contribution in [0, 0.1) is 11.8 Å². The van der Waals surface area contributed by atoms with Crippen molar-refractivity contribution < 1.29 is 14.3 Å². The average molecular weight is 367 g/mol. The molecule has 0 aromatic heterocycles. The minimum absolute atomic E-state index is 0.123. The van der Waals surface area contributed by atoms with Gasteiger partial charge in [0, 0.05) is 25.0 Å². The lowest BCUT2D eigenvalue weighted by molar-refractivity contribution is 0.0963. The van der Waals surface area contributed by atoms with Crippen LogP contribution in [0.5, 0.6) is 5.75 Å². The van der Waals surface area contributed by atoms with E-state index in [4.69, 9.17) is 4.74 Å². The number of nitrogens with one attached hydrogen (secondary N) is 2. The monoisotopic (exact) mass is 367 g/mol. The van der Waals surface area contributed by atoms with Crippen molar-refractivity contribution in [2.24, 2.45) is 11.8 Å². The van der Waals surface area contributed by atoms with Crippen LogP contribution < -0.4 is 15.4 Å². The van der Waals surface area contributed by atoms with E-state index in [1.54, 1.807) is 37.3 Å². The van der Waals surface area contributed by atoms with Crippen LogP contribution in [0.1, 0.15) is 24.2 Å². The number of carbonyl (C=O) groups is 2. The van der Waals surface area contributed by atoms with Crippen LogP contribution in [0.3, 0.4) is 0 Å². The Kier molecular flexibility index (Phi) is 5.35. The SMILES string of the molecule is COc1ccccc1C(=O)NC1=C\C(C)C(C)/C=C2/NC(=O)N(C)C/C2=C/1. The van der Waals surface area contributed by atoms with Crippen molar-refractivity contribution in [1.29, 1.82) is 0 Å². The van der Waals surface area contributed by atoms with Crippen molar-refractivity contribution in [3.63, 3.8) is 0 Å². The number of benzene rings is 1. The molecule has 0 radical (unpaired) electrons. The molecule has 3 amide bonds.